The molecule has 0 aromatic heterocycles. The Hall–Kier alpha value is -0.150. The standard InChI is InChI=1S/C11H16Br2N2O3S/c1-6(3-7(2)16)15-19(17,18)11-9(13)4-8(12)5-10(11)14/h4-7,15-16H,3,14H2,1-2H3. The first-order valence-corrected chi connectivity index (χ1v) is 8.65. The molecule has 0 radical (unpaired) electrons. The van der Waals surface area contributed by atoms with Crippen molar-refractivity contribution in [3.63, 3.8) is 0 Å². The van der Waals surface area contributed by atoms with Crippen molar-refractivity contribution in [1.29, 1.82) is 0 Å². The summed E-state index contributed by atoms with van der Waals surface area (Å²) in [6.45, 7) is 3.29. The lowest BCUT2D eigenvalue weighted by molar-refractivity contribution is 0.175. The van der Waals surface area contributed by atoms with Gasteiger partial charge in [-0.25, -0.2) is 13.1 Å². The molecule has 0 amide bonds. The number of rotatable bonds is 5. The summed E-state index contributed by atoms with van der Waals surface area (Å²) < 4.78 is 28.1. The summed E-state index contributed by atoms with van der Waals surface area (Å²) in [6, 6.07) is 2.75. The van der Waals surface area contributed by atoms with Gasteiger partial charge < -0.3 is 10.8 Å². The highest BCUT2D eigenvalue weighted by Gasteiger charge is 2.24. The molecular weight excluding hydrogens is 400 g/mol. The third-order valence-electron chi connectivity index (χ3n) is 2.36. The predicted molar refractivity (Wildman–Crippen MR) is 82.3 cm³/mol. The van der Waals surface area contributed by atoms with E-state index in [2.05, 4.69) is 36.6 Å². The van der Waals surface area contributed by atoms with Crippen LogP contribution in [0.1, 0.15) is 20.3 Å². The van der Waals surface area contributed by atoms with Crippen LogP contribution in [0.15, 0.2) is 26.0 Å². The third-order valence-corrected chi connectivity index (χ3v) is 5.41. The molecular formula is C11H16Br2N2O3S. The summed E-state index contributed by atoms with van der Waals surface area (Å²) >= 11 is 6.44. The van der Waals surface area contributed by atoms with Crippen molar-refractivity contribution in [2.24, 2.45) is 0 Å². The number of halogens is 2. The summed E-state index contributed by atoms with van der Waals surface area (Å²) in [5.41, 5.74) is 5.91. The Morgan fingerprint density at radius 2 is 1.95 bits per heavy atom. The maximum atomic E-state index is 12.3. The molecule has 0 heterocycles. The maximum Gasteiger partial charge on any atom is 0.243 e. The van der Waals surface area contributed by atoms with Gasteiger partial charge in [-0.1, -0.05) is 15.9 Å². The average Bonchev–Trinajstić information content (AvgIpc) is 2.10. The zero-order valence-electron chi connectivity index (χ0n) is 10.5. The van der Waals surface area contributed by atoms with Crippen LogP contribution in [0.25, 0.3) is 0 Å². The van der Waals surface area contributed by atoms with Crippen molar-refractivity contribution in [1.82, 2.24) is 4.72 Å². The first-order valence-electron chi connectivity index (χ1n) is 5.58. The normalized spacial score (nSPS) is 15.2. The van der Waals surface area contributed by atoms with Gasteiger partial charge >= 0.3 is 0 Å². The molecule has 0 spiro atoms. The predicted octanol–water partition coefficient (Wildman–Crippen LogP) is 2.23. The van der Waals surface area contributed by atoms with Gasteiger partial charge in [-0.05, 0) is 48.3 Å². The van der Waals surface area contributed by atoms with E-state index in [4.69, 9.17) is 5.73 Å². The Kier molecular flexibility index (Phi) is 5.81. The molecule has 5 nitrogen and oxygen atoms in total. The molecule has 2 unspecified atom stereocenters. The van der Waals surface area contributed by atoms with Crippen LogP contribution in [-0.4, -0.2) is 25.7 Å². The van der Waals surface area contributed by atoms with Crippen molar-refractivity contribution in [2.45, 2.75) is 37.3 Å². The number of sulfonamides is 1. The van der Waals surface area contributed by atoms with Crippen molar-refractivity contribution >= 4 is 47.6 Å². The number of aliphatic hydroxyl groups excluding tert-OH is 1. The Balaban J connectivity index is 3.08. The van der Waals surface area contributed by atoms with Crippen molar-refractivity contribution in [2.75, 3.05) is 5.73 Å². The number of hydrogen-bond donors (Lipinski definition) is 3. The lowest BCUT2D eigenvalue weighted by atomic mass is 10.2. The van der Waals surface area contributed by atoms with Crippen molar-refractivity contribution in [3.05, 3.63) is 21.1 Å². The Bertz CT molecular complexity index is 538. The van der Waals surface area contributed by atoms with E-state index in [1.165, 1.54) is 6.07 Å². The van der Waals surface area contributed by atoms with E-state index in [-0.39, 0.29) is 16.6 Å². The van der Waals surface area contributed by atoms with E-state index in [9.17, 15) is 13.5 Å². The summed E-state index contributed by atoms with van der Waals surface area (Å²) in [5, 5.41) is 9.26. The second-order valence-electron chi connectivity index (χ2n) is 4.41. The molecule has 0 aliphatic carbocycles. The minimum atomic E-state index is -3.74. The third kappa shape index (κ3) is 4.71. The van der Waals surface area contributed by atoms with Crippen molar-refractivity contribution in [3.8, 4) is 0 Å². The summed E-state index contributed by atoms with van der Waals surface area (Å²) in [4.78, 5) is 0.00754. The van der Waals surface area contributed by atoms with Gasteiger partial charge in [0.2, 0.25) is 10.0 Å². The van der Waals surface area contributed by atoms with Gasteiger partial charge in [0.05, 0.1) is 11.8 Å². The van der Waals surface area contributed by atoms with E-state index < -0.39 is 16.1 Å². The van der Waals surface area contributed by atoms with Gasteiger partial charge in [-0.15, -0.1) is 0 Å². The van der Waals surface area contributed by atoms with Crippen LogP contribution in [0, 0.1) is 0 Å². The van der Waals surface area contributed by atoms with Gasteiger partial charge in [-0.2, -0.15) is 0 Å². The van der Waals surface area contributed by atoms with Gasteiger partial charge in [0.1, 0.15) is 4.90 Å². The smallest absolute Gasteiger partial charge is 0.243 e. The summed E-state index contributed by atoms with van der Waals surface area (Å²) in [7, 11) is -3.74. The molecule has 0 bridgehead atoms. The molecule has 1 aromatic rings. The Morgan fingerprint density at radius 1 is 1.37 bits per heavy atom. The number of aliphatic hydroxyl groups is 1. The highest BCUT2D eigenvalue weighted by Crippen LogP contribution is 2.31. The number of nitrogens with two attached hydrogens (primary N) is 1. The van der Waals surface area contributed by atoms with Gasteiger partial charge in [-0.3, -0.25) is 0 Å². The minimum absolute atomic E-state index is 0.00754. The van der Waals surface area contributed by atoms with Crippen LogP contribution in [0.2, 0.25) is 0 Å². The molecule has 1 aromatic carbocycles. The molecule has 0 aliphatic heterocycles. The quantitative estimate of drug-likeness (QED) is 0.643. The highest BCUT2D eigenvalue weighted by molar-refractivity contribution is 9.11. The Labute approximate surface area is 129 Å². The van der Waals surface area contributed by atoms with Crippen LogP contribution in [-0.2, 0) is 10.0 Å². The van der Waals surface area contributed by atoms with Crippen LogP contribution in [0.3, 0.4) is 0 Å². The zero-order chi connectivity index (χ0) is 14.8. The fourth-order valence-electron chi connectivity index (χ4n) is 1.75. The summed E-state index contributed by atoms with van der Waals surface area (Å²) in [6.07, 6.45) is -0.254. The molecule has 0 saturated carbocycles. The molecule has 0 aliphatic rings. The first-order chi connectivity index (χ1) is 8.63. The summed E-state index contributed by atoms with van der Waals surface area (Å²) in [5.74, 6) is 0. The molecule has 108 valence electrons. The first kappa shape index (κ1) is 16.9. The van der Waals surface area contributed by atoms with Crippen LogP contribution in [0.4, 0.5) is 5.69 Å². The van der Waals surface area contributed by atoms with E-state index in [0.717, 1.165) is 0 Å². The SMILES string of the molecule is CC(O)CC(C)NS(=O)(=O)c1c(N)cc(Br)cc1Br. The van der Waals surface area contributed by atoms with Crippen molar-refractivity contribution < 1.29 is 13.5 Å². The largest absolute Gasteiger partial charge is 0.398 e. The van der Waals surface area contributed by atoms with Crippen LogP contribution >= 0.6 is 31.9 Å². The molecule has 4 N–H and O–H groups in total. The van der Waals surface area contributed by atoms with E-state index in [1.54, 1.807) is 19.9 Å². The van der Waals surface area contributed by atoms with E-state index >= 15 is 0 Å². The molecule has 0 fully saturated rings. The molecule has 2 atom stereocenters. The highest BCUT2D eigenvalue weighted by atomic mass is 79.9. The lowest BCUT2D eigenvalue weighted by Crippen LogP contribution is -2.35. The fourth-order valence-corrected chi connectivity index (χ4v) is 5.07. The number of anilines is 1. The Morgan fingerprint density at radius 3 is 2.42 bits per heavy atom. The molecule has 8 heteroatoms. The second kappa shape index (κ2) is 6.53. The number of hydrogen-bond acceptors (Lipinski definition) is 4. The minimum Gasteiger partial charge on any atom is -0.398 e. The number of nitrogens with one attached hydrogen (secondary N) is 1. The van der Waals surface area contributed by atoms with Gasteiger partial charge in [0.25, 0.3) is 0 Å². The maximum absolute atomic E-state index is 12.3. The lowest BCUT2D eigenvalue weighted by Gasteiger charge is -2.17. The monoisotopic (exact) mass is 414 g/mol. The molecule has 0 saturated heterocycles. The topological polar surface area (TPSA) is 92.4 Å². The molecule has 1 rings (SSSR count). The van der Waals surface area contributed by atoms with Gasteiger partial charge in [0.15, 0.2) is 0 Å². The van der Waals surface area contributed by atoms with Crippen LogP contribution < -0.4 is 10.5 Å². The molecule has 19 heavy (non-hydrogen) atoms. The van der Waals surface area contributed by atoms with E-state index in [0.29, 0.717) is 15.4 Å². The van der Waals surface area contributed by atoms with Crippen LogP contribution in [0.5, 0.6) is 0 Å². The fraction of sp³-hybridized carbons (Fsp3) is 0.455. The number of benzene rings is 1. The van der Waals surface area contributed by atoms with E-state index in [1.807, 2.05) is 0 Å². The van der Waals surface area contributed by atoms with Gasteiger partial charge in [0, 0.05) is 15.0 Å². The average molecular weight is 416 g/mol. The second-order valence-corrected chi connectivity index (χ2v) is 7.83. The zero-order valence-corrected chi connectivity index (χ0v) is 14.5. The number of nitrogen functional groups attached to an aromatic ring is 1.